The van der Waals surface area contributed by atoms with Crippen LogP contribution in [0.25, 0.3) is 0 Å². The zero-order valence-electron chi connectivity index (χ0n) is 45.2. The Balaban J connectivity index is 2.33. The van der Waals surface area contributed by atoms with Crippen LogP contribution in [-0.4, -0.2) is 97.5 Å². The van der Waals surface area contributed by atoms with Gasteiger partial charge in [-0.2, -0.15) is 8.42 Å². The predicted molar refractivity (Wildman–Crippen MR) is 294 cm³/mol. The molecule has 13 heteroatoms. The first kappa shape index (κ1) is 67.6. The molecule has 1 saturated heterocycles. The largest absolute Gasteiger partial charge is 0.457 e. The molecule has 1 heterocycles. The number of hydrogen-bond donors (Lipinski definition) is 4. The van der Waals surface area contributed by atoms with Crippen molar-refractivity contribution in [3.63, 3.8) is 0 Å². The van der Waals surface area contributed by atoms with Crippen LogP contribution in [0.1, 0.15) is 232 Å². The van der Waals surface area contributed by atoms with Crippen molar-refractivity contribution < 1.29 is 56.2 Å². The molecule has 0 radical (unpaired) electrons. The molecule has 1 fully saturated rings. The van der Waals surface area contributed by atoms with Crippen LogP contribution in [0.2, 0.25) is 0 Å². The highest BCUT2D eigenvalue weighted by Gasteiger charge is 2.48. The maximum atomic E-state index is 12.9. The van der Waals surface area contributed by atoms with Crippen LogP contribution in [0.4, 0.5) is 0 Å². The second-order valence-corrected chi connectivity index (χ2v) is 20.6. The molecule has 0 aromatic carbocycles. The highest BCUT2D eigenvalue weighted by Crippen LogP contribution is 2.26. The lowest BCUT2D eigenvalue weighted by Gasteiger charge is -2.41. The van der Waals surface area contributed by atoms with Gasteiger partial charge in [0, 0.05) is 13.0 Å². The molecular weight excluding hydrogens is 933 g/mol. The maximum Gasteiger partial charge on any atom is 0.397 e. The first-order chi connectivity index (χ1) is 35.1. The first-order valence-electron chi connectivity index (χ1n) is 28.7. The Kier molecular flexibility index (Phi) is 46.4. The molecule has 12 nitrogen and oxygen atoms in total. The van der Waals surface area contributed by atoms with Gasteiger partial charge in [0.2, 0.25) is 0 Å². The number of ether oxygens (including phenoxy) is 4. The second kappa shape index (κ2) is 49.4. The number of unbranched alkanes of at least 4 members (excludes halogenated alkanes) is 25. The molecule has 0 spiro atoms. The topological polar surface area (TPSA) is 178 Å². The number of aliphatic hydroxyl groups excluding tert-OH is 3. The van der Waals surface area contributed by atoms with Gasteiger partial charge < -0.3 is 34.3 Å². The van der Waals surface area contributed by atoms with Gasteiger partial charge in [-0.3, -0.25) is 9.35 Å². The van der Waals surface area contributed by atoms with Crippen LogP contribution in [0.5, 0.6) is 0 Å². The van der Waals surface area contributed by atoms with Crippen molar-refractivity contribution in [2.75, 3.05) is 26.4 Å². The summed E-state index contributed by atoms with van der Waals surface area (Å²) in [5.74, 6) is -0.421. The summed E-state index contributed by atoms with van der Waals surface area (Å²) in [4.78, 5) is 12.9. The highest BCUT2D eigenvalue weighted by atomic mass is 32.3. The minimum absolute atomic E-state index is 0.0246. The summed E-state index contributed by atoms with van der Waals surface area (Å²) in [7, 11) is -5.07. The summed E-state index contributed by atoms with van der Waals surface area (Å²) in [6, 6.07) is 0. The number of aliphatic hydroxyl groups is 3. The number of carbonyl (C=O) groups excluding carboxylic acids is 1. The first-order valence-corrected chi connectivity index (χ1v) is 30.1. The summed E-state index contributed by atoms with van der Waals surface area (Å²) in [5, 5.41) is 30.8. The van der Waals surface area contributed by atoms with Crippen LogP contribution in [0.3, 0.4) is 0 Å². The zero-order chi connectivity index (χ0) is 52.4. The highest BCUT2D eigenvalue weighted by molar-refractivity contribution is 7.80. The van der Waals surface area contributed by atoms with Gasteiger partial charge in [0.15, 0.2) is 6.29 Å². The predicted octanol–water partition coefficient (Wildman–Crippen LogP) is 14.2. The van der Waals surface area contributed by atoms with E-state index in [1.807, 2.05) is 0 Å². The van der Waals surface area contributed by atoms with E-state index in [0.29, 0.717) is 13.0 Å². The zero-order valence-corrected chi connectivity index (χ0v) is 46.0. The number of rotatable bonds is 50. The van der Waals surface area contributed by atoms with E-state index >= 15 is 0 Å². The molecule has 6 unspecified atom stereocenters. The van der Waals surface area contributed by atoms with E-state index in [4.69, 9.17) is 18.9 Å². The smallest absolute Gasteiger partial charge is 0.397 e. The number of allylic oxidation sites excluding steroid dienone is 12. The van der Waals surface area contributed by atoms with Crippen molar-refractivity contribution >= 4 is 16.4 Å². The van der Waals surface area contributed by atoms with Crippen LogP contribution in [-0.2, 0) is 38.3 Å². The van der Waals surface area contributed by atoms with Gasteiger partial charge in [-0.15, -0.1) is 0 Å². The average Bonchev–Trinajstić information content (AvgIpc) is 3.36. The number of hydrogen-bond acceptors (Lipinski definition) is 11. The van der Waals surface area contributed by atoms with Crippen molar-refractivity contribution in [2.24, 2.45) is 0 Å². The fourth-order valence-corrected chi connectivity index (χ4v) is 9.07. The van der Waals surface area contributed by atoms with Crippen LogP contribution >= 0.6 is 0 Å². The van der Waals surface area contributed by atoms with Crippen molar-refractivity contribution in [3.8, 4) is 0 Å². The van der Waals surface area contributed by atoms with E-state index in [1.165, 1.54) is 122 Å². The molecule has 1 aliphatic rings. The standard InChI is InChI=1S/C59H104O12S/c1-3-5-7-9-11-13-15-17-19-21-23-25-27-28-30-32-34-36-38-40-42-44-46-48-55(61)69-53(52-68-59-57(63)58(71-72(64,65)66)56(62)54(50-60)70-59)51-67-49-47-45-43-41-39-37-35-33-31-29-26-24-22-20-18-16-14-12-10-8-6-4-2/h5,7,11,13,17,19,23,25,28,30,34,36,53-54,56-60,62-63H,3-4,6,8-10,12,14-16,18,20-22,24,26-27,29,31-33,35,37-52H2,1-2H3,(H,64,65,66)/b7-5-,13-11-,19-17-,25-23-,30-28-,36-34-. The van der Waals surface area contributed by atoms with Crippen LogP contribution in [0, 0.1) is 0 Å². The normalized spacial score (nSPS) is 19.4. The summed E-state index contributed by atoms with van der Waals surface area (Å²) >= 11 is 0. The molecule has 72 heavy (non-hydrogen) atoms. The summed E-state index contributed by atoms with van der Waals surface area (Å²) in [5.41, 5.74) is 0. The molecule has 0 aliphatic carbocycles. The lowest BCUT2D eigenvalue weighted by atomic mass is 9.99. The van der Waals surface area contributed by atoms with Gasteiger partial charge in [0.1, 0.15) is 30.5 Å². The molecule has 1 aliphatic heterocycles. The van der Waals surface area contributed by atoms with Crippen molar-refractivity contribution in [1.82, 2.24) is 0 Å². The van der Waals surface area contributed by atoms with Crippen molar-refractivity contribution in [1.29, 1.82) is 0 Å². The summed E-state index contributed by atoms with van der Waals surface area (Å²) in [6.45, 7) is 3.88. The number of carbonyl (C=O) groups is 1. The van der Waals surface area contributed by atoms with Gasteiger partial charge >= 0.3 is 16.4 Å². The minimum atomic E-state index is -5.07. The van der Waals surface area contributed by atoms with E-state index in [9.17, 15) is 33.1 Å². The molecule has 0 saturated carbocycles. The van der Waals surface area contributed by atoms with Gasteiger partial charge in [0.05, 0.1) is 19.8 Å². The molecule has 418 valence electrons. The van der Waals surface area contributed by atoms with E-state index in [2.05, 4.69) is 90.9 Å². The van der Waals surface area contributed by atoms with Gasteiger partial charge in [0.25, 0.3) is 0 Å². The molecule has 0 aromatic rings. The fraction of sp³-hybridized carbons (Fsp3) is 0.780. The lowest BCUT2D eigenvalue weighted by molar-refractivity contribution is -0.301. The van der Waals surface area contributed by atoms with Gasteiger partial charge in [-0.05, 0) is 64.2 Å². The van der Waals surface area contributed by atoms with Crippen molar-refractivity contribution in [2.45, 2.75) is 269 Å². The molecule has 4 N–H and O–H groups in total. The number of esters is 1. The molecule has 0 aromatic heterocycles. The quantitative estimate of drug-likeness (QED) is 0.0196. The Labute approximate surface area is 439 Å². The SMILES string of the molecule is CC/C=C\C/C=C\C/C=C\C/C=C\C/C=C\C/C=C\CCCCCCC(=O)OC(COCCCCCCCCCCCCCCCCCCCCCCCC)COC1OC(CO)C(O)C(OS(=O)(=O)O)C1O. The third-order valence-electron chi connectivity index (χ3n) is 12.8. The monoisotopic (exact) mass is 1040 g/mol. The Hall–Kier alpha value is -2.46. The Morgan fingerprint density at radius 1 is 0.542 bits per heavy atom. The minimum Gasteiger partial charge on any atom is -0.457 e. The second-order valence-electron chi connectivity index (χ2n) is 19.5. The summed E-state index contributed by atoms with van der Waals surface area (Å²) in [6.07, 6.45) is 56.5. The molecule has 0 amide bonds. The lowest BCUT2D eigenvalue weighted by Crippen LogP contribution is -2.60. The van der Waals surface area contributed by atoms with Crippen LogP contribution in [0.15, 0.2) is 72.9 Å². The fourth-order valence-electron chi connectivity index (χ4n) is 8.56. The van der Waals surface area contributed by atoms with Gasteiger partial charge in [-0.1, -0.05) is 234 Å². The van der Waals surface area contributed by atoms with E-state index in [0.717, 1.165) is 83.5 Å². The van der Waals surface area contributed by atoms with Crippen LogP contribution < -0.4 is 0 Å². The Morgan fingerprint density at radius 3 is 1.40 bits per heavy atom. The molecule has 0 bridgehead atoms. The molecular formula is C59H104O12S. The van der Waals surface area contributed by atoms with E-state index in [-0.39, 0.29) is 19.6 Å². The molecule has 6 atom stereocenters. The average molecular weight is 1040 g/mol. The third kappa shape index (κ3) is 41.8. The Bertz CT molecular complexity index is 1520. The Morgan fingerprint density at radius 2 is 0.958 bits per heavy atom. The maximum absolute atomic E-state index is 12.9. The van der Waals surface area contributed by atoms with Crippen molar-refractivity contribution in [3.05, 3.63) is 72.9 Å². The molecule has 1 rings (SSSR count). The third-order valence-corrected chi connectivity index (χ3v) is 13.3. The van der Waals surface area contributed by atoms with E-state index in [1.54, 1.807) is 0 Å². The summed E-state index contributed by atoms with van der Waals surface area (Å²) < 4.78 is 59.4. The van der Waals surface area contributed by atoms with Gasteiger partial charge in [-0.25, -0.2) is 4.18 Å². The van der Waals surface area contributed by atoms with E-state index < -0.39 is 59.8 Å².